The van der Waals surface area contributed by atoms with Gasteiger partial charge in [-0.05, 0) is 102 Å². The SMILES string of the molecule is CCC/C(C)=N\N=C(/C)C(CC(=O)OC)/N=C(/c1ccc(Cl)cc1)c1c(C)sc(C(=O)NCCCCCNc2cc(F)cc(C(=O)[C@@H](C)CC)c2CC)c1C. The molecule has 55 heavy (non-hydrogen) atoms. The normalized spacial score (nSPS) is 13.4. The number of amides is 1. The van der Waals surface area contributed by atoms with Gasteiger partial charge >= 0.3 is 5.97 Å². The van der Waals surface area contributed by atoms with Crippen LogP contribution in [0.3, 0.4) is 0 Å². The van der Waals surface area contributed by atoms with Gasteiger partial charge in [0, 0.05) is 57.0 Å². The number of aryl methyl sites for hydroxylation is 1. The summed E-state index contributed by atoms with van der Waals surface area (Å²) in [6, 6.07) is 9.48. The lowest BCUT2D eigenvalue weighted by Gasteiger charge is -2.17. The van der Waals surface area contributed by atoms with Crippen LogP contribution in [0.5, 0.6) is 0 Å². The summed E-state index contributed by atoms with van der Waals surface area (Å²) in [5.74, 6) is -1.21. The third-order valence-corrected chi connectivity index (χ3v) is 11.0. The minimum absolute atomic E-state index is 0.0276. The largest absolute Gasteiger partial charge is 0.469 e. The number of methoxy groups -OCH3 is 1. The Labute approximate surface area is 335 Å². The van der Waals surface area contributed by atoms with E-state index in [1.165, 1.54) is 30.6 Å². The Bertz CT molecular complexity index is 1890. The Morgan fingerprint density at radius 2 is 1.67 bits per heavy atom. The van der Waals surface area contributed by atoms with Gasteiger partial charge in [-0.1, -0.05) is 57.8 Å². The monoisotopic (exact) mass is 793 g/mol. The quantitative estimate of drug-likeness (QED) is 0.0366. The molecule has 298 valence electrons. The maximum Gasteiger partial charge on any atom is 0.308 e. The number of Topliss-reactive ketones (excluding diaryl/α,β-unsaturated/α-hetero) is 1. The summed E-state index contributed by atoms with van der Waals surface area (Å²) in [6.45, 7) is 16.6. The van der Waals surface area contributed by atoms with Crippen molar-refractivity contribution in [2.24, 2.45) is 21.1 Å². The number of aliphatic imine (C=N–C) groups is 1. The summed E-state index contributed by atoms with van der Waals surface area (Å²) in [5.41, 5.74) is 6.42. The third kappa shape index (κ3) is 12.9. The first-order valence-corrected chi connectivity index (χ1v) is 20.4. The van der Waals surface area contributed by atoms with Gasteiger partial charge in [0.2, 0.25) is 0 Å². The van der Waals surface area contributed by atoms with Gasteiger partial charge in [-0.25, -0.2) is 4.39 Å². The molecule has 0 fully saturated rings. The molecule has 0 aliphatic carbocycles. The van der Waals surface area contributed by atoms with Gasteiger partial charge in [0.05, 0.1) is 29.8 Å². The van der Waals surface area contributed by atoms with Crippen molar-refractivity contribution in [3.8, 4) is 0 Å². The highest BCUT2D eigenvalue weighted by Gasteiger charge is 2.26. The second kappa shape index (κ2) is 22.4. The molecule has 12 heteroatoms. The molecule has 2 aromatic carbocycles. The fraction of sp³-hybridized carbons (Fsp3) is 0.488. The van der Waals surface area contributed by atoms with Crippen molar-refractivity contribution in [2.75, 3.05) is 25.5 Å². The number of nitrogens with one attached hydrogen (secondary N) is 2. The summed E-state index contributed by atoms with van der Waals surface area (Å²) in [4.78, 5) is 45.7. The molecule has 9 nitrogen and oxygen atoms in total. The summed E-state index contributed by atoms with van der Waals surface area (Å²) in [7, 11) is 1.34. The number of ether oxygens (including phenoxy) is 1. The second-order valence-electron chi connectivity index (χ2n) is 13.8. The predicted octanol–water partition coefficient (Wildman–Crippen LogP) is 10.4. The maximum absolute atomic E-state index is 14.5. The number of benzene rings is 2. The zero-order valence-corrected chi connectivity index (χ0v) is 35.4. The number of esters is 1. The molecule has 0 aliphatic heterocycles. The fourth-order valence-corrected chi connectivity index (χ4v) is 7.42. The molecule has 0 bridgehead atoms. The Balaban J connectivity index is 1.77. The molecule has 0 saturated carbocycles. The Morgan fingerprint density at radius 1 is 0.982 bits per heavy atom. The van der Waals surface area contributed by atoms with Gasteiger partial charge in [-0.3, -0.25) is 19.4 Å². The minimum Gasteiger partial charge on any atom is -0.469 e. The van der Waals surface area contributed by atoms with Crippen LogP contribution in [0.2, 0.25) is 5.02 Å². The highest BCUT2D eigenvalue weighted by molar-refractivity contribution is 7.14. The molecule has 0 aliphatic rings. The van der Waals surface area contributed by atoms with Gasteiger partial charge in [0.15, 0.2) is 5.78 Å². The van der Waals surface area contributed by atoms with Crippen molar-refractivity contribution in [3.05, 3.63) is 84.8 Å². The van der Waals surface area contributed by atoms with E-state index >= 15 is 0 Å². The van der Waals surface area contributed by atoms with E-state index in [-0.39, 0.29) is 24.0 Å². The summed E-state index contributed by atoms with van der Waals surface area (Å²) in [6.07, 6.45) is 5.46. The van der Waals surface area contributed by atoms with Crippen LogP contribution in [0.4, 0.5) is 10.1 Å². The first kappa shape index (κ1) is 45.2. The molecule has 3 aromatic rings. The van der Waals surface area contributed by atoms with Gasteiger partial charge in [-0.2, -0.15) is 10.2 Å². The first-order valence-electron chi connectivity index (χ1n) is 19.2. The van der Waals surface area contributed by atoms with E-state index in [1.807, 2.05) is 53.7 Å². The van der Waals surface area contributed by atoms with Crippen LogP contribution >= 0.6 is 22.9 Å². The van der Waals surface area contributed by atoms with Gasteiger partial charge in [0.25, 0.3) is 5.91 Å². The topological polar surface area (TPSA) is 122 Å². The average Bonchev–Trinajstić information content (AvgIpc) is 3.47. The van der Waals surface area contributed by atoms with Gasteiger partial charge < -0.3 is 15.4 Å². The zero-order chi connectivity index (χ0) is 40.7. The molecule has 2 atom stereocenters. The number of hydrogen-bond acceptors (Lipinski definition) is 9. The van der Waals surface area contributed by atoms with Crippen LogP contribution < -0.4 is 10.6 Å². The number of ketones is 1. The second-order valence-corrected chi connectivity index (χ2v) is 15.5. The maximum atomic E-state index is 14.5. The molecule has 0 spiro atoms. The number of rotatable bonds is 21. The van der Waals surface area contributed by atoms with E-state index in [1.54, 1.807) is 19.1 Å². The average molecular weight is 794 g/mol. The smallest absolute Gasteiger partial charge is 0.308 e. The van der Waals surface area contributed by atoms with Crippen molar-refractivity contribution < 1.29 is 23.5 Å². The fourth-order valence-electron chi connectivity index (χ4n) is 6.22. The van der Waals surface area contributed by atoms with E-state index < -0.39 is 17.8 Å². The summed E-state index contributed by atoms with van der Waals surface area (Å²) < 4.78 is 19.5. The highest BCUT2D eigenvalue weighted by Crippen LogP contribution is 2.31. The number of carbonyl (C=O) groups excluding carboxylic acids is 3. The van der Waals surface area contributed by atoms with Crippen molar-refractivity contribution in [1.29, 1.82) is 0 Å². The van der Waals surface area contributed by atoms with Crippen molar-refractivity contribution >= 4 is 63.4 Å². The molecule has 1 amide bonds. The number of anilines is 1. The van der Waals surface area contributed by atoms with Crippen molar-refractivity contribution in [3.63, 3.8) is 0 Å². The van der Waals surface area contributed by atoms with E-state index in [4.69, 9.17) is 21.3 Å². The number of thiophene rings is 1. The molecule has 1 heterocycles. The standard InChI is InChI=1S/C43H57ClFN5O4S/c1-10-16-27(5)49-50-29(7)36(25-38(51)54-9)48-40(31-17-19-32(44)20-18-31)39-28(6)42(55-30(39)8)43(53)47-22-15-13-14-21-46-37-24-33(45)23-35(34(37)12-3)41(52)26(4)11-2/h17-20,23-24,26,36,46H,10-16,21-22,25H2,1-9H3,(H,47,53)/b48-40-,49-27-,50-29+/t26-,36?/m0/s1. The number of carbonyl (C=O) groups is 3. The molecular weight excluding hydrogens is 737 g/mol. The number of halogens is 2. The minimum atomic E-state index is -0.662. The lowest BCUT2D eigenvalue weighted by Crippen LogP contribution is -2.25. The Morgan fingerprint density at radius 3 is 2.31 bits per heavy atom. The summed E-state index contributed by atoms with van der Waals surface area (Å²) in [5, 5.41) is 15.8. The van der Waals surface area contributed by atoms with Gasteiger partial charge in [-0.15, -0.1) is 11.3 Å². The Hall–Kier alpha value is -4.22. The number of unbranched alkanes of at least 4 members (excludes halogenated alkanes) is 2. The van der Waals surface area contributed by atoms with Crippen LogP contribution in [-0.4, -0.2) is 61.0 Å². The molecular formula is C43H57ClFN5O4S. The van der Waals surface area contributed by atoms with Gasteiger partial charge in [0.1, 0.15) is 11.9 Å². The Kier molecular flexibility index (Phi) is 18.4. The van der Waals surface area contributed by atoms with Crippen LogP contribution in [0.15, 0.2) is 51.6 Å². The van der Waals surface area contributed by atoms with Crippen LogP contribution in [0.25, 0.3) is 0 Å². The highest BCUT2D eigenvalue weighted by atomic mass is 35.5. The molecule has 2 N–H and O–H groups in total. The summed E-state index contributed by atoms with van der Waals surface area (Å²) >= 11 is 7.66. The number of nitrogens with zero attached hydrogens (tertiary/aromatic N) is 3. The molecule has 0 radical (unpaired) electrons. The van der Waals surface area contributed by atoms with E-state index in [2.05, 4.69) is 27.8 Å². The lowest BCUT2D eigenvalue weighted by molar-refractivity contribution is -0.140. The van der Waals surface area contributed by atoms with E-state index in [0.29, 0.717) is 58.5 Å². The van der Waals surface area contributed by atoms with Crippen LogP contribution in [-0.2, 0) is 16.0 Å². The van der Waals surface area contributed by atoms with Crippen molar-refractivity contribution in [2.45, 2.75) is 113 Å². The van der Waals surface area contributed by atoms with Crippen molar-refractivity contribution in [1.82, 2.24) is 5.32 Å². The predicted molar refractivity (Wildman–Crippen MR) is 227 cm³/mol. The lowest BCUT2D eigenvalue weighted by atomic mass is 9.91. The van der Waals surface area contributed by atoms with Crippen LogP contribution in [0.1, 0.15) is 134 Å². The number of hydrogen-bond donors (Lipinski definition) is 2. The molecule has 3 rings (SSSR count). The molecule has 1 unspecified atom stereocenters. The first-order chi connectivity index (χ1) is 26.3. The molecule has 0 saturated heterocycles. The third-order valence-electron chi connectivity index (χ3n) is 9.58. The zero-order valence-electron chi connectivity index (χ0n) is 33.8. The molecule has 1 aromatic heterocycles. The van der Waals surface area contributed by atoms with E-state index in [9.17, 15) is 18.8 Å². The van der Waals surface area contributed by atoms with E-state index in [0.717, 1.165) is 64.9 Å². The van der Waals surface area contributed by atoms with Crippen LogP contribution in [0, 0.1) is 25.6 Å².